The van der Waals surface area contributed by atoms with E-state index in [4.69, 9.17) is 22.1 Å². The van der Waals surface area contributed by atoms with Crippen LogP contribution in [0.15, 0.2) is 78.9 Å². The first kappa shape index (κ1) is 19.0. The molecule has 0 fully saturated rings. The smallest absolute Gasteiger partial charge is 0.137 e. The molecule has 0 bridgehead atoms. The minimum atomic E-state index is 0.140. The standard InChI is InChI=1S/C23H22ClNO2/c24-15-14-22(17-4-2-1-3-5-17)23(18-6-10-20(26)11-7-18)19-8-12-21(13-9-19)27-16-25/h1-13,26H,14-16,25H2/b23-22-. The first-order valence-corrected chi connectivity index (χ1v) is 9.33. The van der Waals surface area contributed by atoms with Gasteiger partial charge in [0.2, 0.25) is 0 Å². The molecule has 3 N–H and O–H groups in total. The highest BCUT2D eigenvalue weighted by atomic mass is 35.5. The fraction of sp³-hybridized carbons (Fsp3) is 0.130. The molecule has 0 aliphatic rings. The second-order valence-electron chi connectivity index (χ2n) is 6.04. The van der Waals surface area contributed by atoms with Gasteiger partial charge < -0.3 is 9.84 Å². The van der Waals surface area contributed by atoms with E-state index in [9.17, 15) is 5.11 Å². The van der Waals surface area contributed by atoms with Crippen molar-refractivity contribution >= 4 is 22.7 Å². The van der Waals surface area contributed by atoms with Crippen molar-refractivity contribution in [1.82, 2.24) is 0 Å². The Bertz CT molecular complexity index is 888. The van der Waals surface area contributed by atoms with Gasteiger partial charge in [-0.25, -0.2) is 0 Å². The maximum atomic E-state index is 9.70. The van der Waals surface area contributed by atoms with Gasteiger partial charge in [0.25, 0.3) is 0 Å². The van der Waals surface area contributed by atoms with E-state index in [-0.39, 0.29) is 12.5 Å². The van der Waals surface area contributed by atoms with Gasteiger partial charge in [0.15, 0.2) is 0 Å². The summed E-state index contributed by atoms with van der Waals surface area (Å²) in [6.45, 7) is 0.140. The summed E-state index contributed by atoms with van der Waals surface area (Å²) in [4.78, 5) is 0. The third kappa shape index (κ3) is 4.70. The van der Waals surface area contributed by atoms with Crippen LogP contribution in [-0.2, 0) is 0 Å². The second kappa shape index (κ2) is 9.26. The van der Waals surface area contributed by atoms with E-state index in [1.165, 1.54) is 0 Å². The highest BCUT2D eigenvalue weighted by molar-refractivity contribution is 6.18. The molecular formula is C23H22ClNO2. The lowest BCUT2D eigenvalue weighted by atomic mass is 9.88. The van der Waals surface area contributed by atoms with Crippen molar-refractivity contribution in [3.8, 4) is 11.5 Å². The van der Waals surface area contributed by atoms with Crippen LogP contribution in [0.4, 0.5) is 0 Å². The normalized spacial score (nSPS) is 11.8. The van der Waals surface area contributed by atoms with E-state index in [0.717, 1.165) is 40.0 Å². The molecule has 0 heterocycles. The van der Waals surface area contributed by atoms with Crippen molar-refractivity contribution in [3.63, 3.8) is 0 Å². The van der Waals surface area contributed by atoms with Crippen LogP contribution in [0.2, 0.25) is 0 Å². The van der Waals surface area contributed by atoms with E-state index >= 15 is 0 Å². The molecule has 0 unspecified atom stereocenters. The molecule has 3 aromatic rings. The Morgan fingerprint density at radius 2 is 1.41 bits per heavy atom. The second-order valence-corrected chi connectivity index (χ2v) is 6.42. The fourth-order valence-corrected chi connectivity index (χ4v) is 3.29. The Morgan fingerprint density at radius 3 is 1.96 bits per heavy atom. The van der Waals surface area contributed by atoms with Crippen molar-refractivity contribution in [1.29, 1.82) is 0 Å². The molecule has 3 rings (SSSR count). The largest absolute Gasteiger partial charge is 0.508 e. The van der Waals surface area contributed by atoms with Crippen LogP contribution in [0.1, 0.15) is 23.1 Å². The van der Waals surface area contributed by atoms with E-state index in [1.807, 2.05) is 54.6 Å². The molecule has 0 radical (unpaired) electrons. The lowest BCUT2D eigenvalue weighted by molar-refractivity contribution is 0.329. The average molecular weight is 380 g/mol. The topological polar surface area (TPSA) is 55.5 Å². The summed E-state index contributed by atoms with van der Waals surface area (Å²) >= 11 is 6.15. The van der Waals surface area contributed by atoms with Gasteiger partial charge in [-0.3, -0.25) is 5.73 Å². The van der Waals surface area contributed by atoms with Crippen molar-refractivity contribution in [3.05, 3.63) is 95.6 Å². The van der Waals surface area contributed by atoms with Crippen LogP contribution >= 0.6 is 11.6 Å². The molecular weight excluding hydrogens is 358 g/mol. The molecule has 0 spiro atoms. The van der Waals surface area contributed by atoms with Gasteiger partial charge in [-0.2, -0.15) is 0 Å². The quantitative estimate of drug-likeness (QED) is 0.334. The van der Waals surface area contributed by atoms with E-state index in [0.29, 0.717) is 5.88 Å². The number of alkyl halides is 1. The zero-order chi connectivity index (χ0) is 19.1. The van der Waals surface area contributed by atoms with Crippen molar-refractivity contribution in [2.45, 2.75) is 6.42 Å². The third-order valence-electron chi connectivity index (χ3n) is 4.32. The lowest BCUT2D eigenvalue weighted by Crippen LogP contribution is -2.07. The summed E-state index contributed by atoms with van der Waals surface area (Å²) in [5, 5.41) is 9.70. The predicted molar refractivity (Wildman–Crippen MR) is 112 cm³/mol. The van der Waals surface area contributed by atoms with Crippen LogP contribution in [-0.4, -0.2) is 17.7 Å². The number of allylic oxidation sites excluding steroid dienone is 1. The molecule has 0 aliphatic carbocycles. The predicted octanol–water partition coefficient (Wildman–Crippen LogP) is 5.28. The number of rotatable bonds is 7. The number of benzene rings is 3. The molecule has 0 saturated heterocycles. The summed E-state index contributed by atoms with van der Waals surface area (Å²) in [5.41, 5.74) is 10.9. The minimum Gasteiger partial charge on any atom is -0.508 e. The maximum Gasteiger partial charge on any atom is 0.137 e. The summed E-state index contributed by atoms with van der Waals surface area (Å²) in [6, 6.07) is 25.3. The maximum absolute atomic E-state index is 9.70. The van der Waals surface area contributed by atoms with Crippen LogP contribution < -0.4 is 10.5 Å². The first-order chi connectivity index (χ1) is 13.2. The molecule has 0 amide bonds. The van der Waals surface area contributed by atoms with Gasteiger partial charge in [-0.1, -0.05) is 54.6 Å². The van der Waals surface area contributed by atoms with Crippen LogP contribution in [0.5, 0.6) is 11.5 Å². The Balaban J connectivity index is 2.20. The van der Waals surface area contributed by atoms with E-state index in [2.05, 4.69) is 12.1 Å². The SMILES string of the molecule is NCOc1ccc(/C(=C(/CCCl)c2ccccc2)c2ccc(O)cc2)cc1. The van der Waals surface area contributed by atoms with Crippen molar-refractivity contribution in [2.75, 3.05) is 12.6 Å². The number of phenolic OH excluding ortho intramolecular Hbond substituents is 1. The van der Waals surface area contributed by atoms with Crippen molar-refractivity contribution < 1.29 is 9.84 Å². The molecule has 138 valence electrons. The van der Waals surface area contributed by atoms with Gasteiger partial charge in [0, 0.05) is 5.88 Å². The minimum absolute atomic E-state index is 0.140. The molecule has 0 aliphatic heterocycles. The van der Waals surface area contributed by atoms with E-state index in [1.54, 1.807) is 12.1 Å². The number of aromatic hydroxyl groups is 1. The van der Waals surface area contributed by atoms with Gasteiger partial charge in [-0.05, 0) is 58.5 Å². The lowest BCUT2D eigenvalue weighted by Gasteiger charge is -2.17. The number of hydrogen-bond acceptors (Lipinski definition) is 3. The van der Waals surface area contributed by atoms with Crippen LogP contribution in [0.25, 0.3) is 11.1 Å². The number of hydrogen-bond donors (Lipinski definition) is 2. The zero-order valence-corrected chi connectivity index (χ0v) is 15.7. The van der Waals surface area contributed by atoms with Crippen molar-refractivity contribution in [2.24, 2.45) is 5.73 Å². The molecule has 0 saturated carbocycles. The number of halogens is 1. The molecule has 3 aromatic carbocycles. The van der Waals surface area contributed by atoms with Gasteiger partial charge >= 0.3 is 0 Å². The third-order valence-corrected chi connectivity index (χ3v) is 4.51. The summed E-state index contributed by atoms with van der Waals surface area (Å²) in [6.07, 6.45) is 0.725. The van der Waals surface area contributed by atoms with Crippen LogP contribution in [0.3, 0.4) is 0 Å². The highest BCUT2D eigenvalue weighted by Crippen LogP contribution is 2.35. The average Bonchev–Trinajstić information content (AvgIpc) is 2.71. The number of ether oxygens (including phenoxy) is 1. The Kier molecular flexibility index (Phi) is 6.53. The van der Waals surface area contributed by atoms with Gasteiger partial charge in [0.05, 0.1) is 0 Å². The van der Waals surface area contributed by atoms with Gasteiger partial charge in [-0.15, -0.1) is 11.6 Å². The monoisotopic (exact) mass is 379 g/mol. The fourth-order valence-electron chi connectivity index (χ4n) is 3.10. The molecule has 4 heteroatoms. The zero-order valence-electron chi connectivity index (χ0n) is 14.9. The molecule has 0 atom stereocenters. The Labute approximate surface area is 164 Å². The Morgan fingerprint density at radius 1 is 0.815 bits per heavy atom. The van der Waals surface area contributed by atoms with Gasteiger partial charge in [0.1, 0.15) is 18.2 Å². The molecule has 0 aromatic heterocycles. The summed E-state index contributed by atoms with van der Waals surface area (Å²) in [5.74, 6) is 1.48. The highest BCUT2D eigenvalue weighted by Gasteiger charge is 2.14. The number of nitrogens with two attached hydrogens (primary N) is 1. The summed E-state index contributed by atoms with van der Waals surface area (Å²) in [7, 11) is 0. The first-order valence-electron chi connectivity index (χ1n) is 8.80. The Hall–Kier alpha value is -2.75. The summed E-state index contributed by atoms with van der Waals surface area (Å²) < 4.78 is 5.36. The molecule has 27 heavy (non-hydrogen) atoms. The van der Waals surface area contributed by atoms with E-state index < -0.39 is 0 Å². The number of phenols is 1. The van der Waals surface area contributed by atoms with Crippen LogP contribution in [0, 0.1) is 0 Å². The molecule has 3 nitrogen and oxygen atoms in total.